The molecule has 2 unspecified atom stereocenters. The molecule has 92 valence electrons. The van der Waals surface area contributed by atoms with Gasteiger partial charge < -0.3 is 15.2 Å². The van der Waals surface area contributed by atoms with Crippen molar-refractivity contribution in [1.82, 2.24) is 10.2 Å². The van der Waals surface area contributed by atoms with Gasteiger partial charge >= 0.3 is 12.1 Å². The summed E-state index contributed by atoms with van der Waals surface area (Å²) in [5, 5.41) is 11.4. The lowest BCUT2D eigenvalue weighted by atomic mass is 10.2. The molecule has 1 aliphatic rings. The number of hydrogen-bond acceptors (Lipinski definition) is 4. The maximum absolute atomic E-state index is 11.0. The topological polar surface area (TPSA) is 78.9 Å². The van der Waals surface area contributed by atoms with E-state index in [-0.39, 0.29) is 18.5 Å². The molecule has 6 heteroatoms. The maximum atomic E-state index is 11.0. The predicted octanol–water partition coefficient (Wildman–Crippen LogP) is 0.280. The van der Waals surface area contributed by atoms with Gasteiger partial charge in [-0.15, -0.1) is 0 Å². The van der Waals surface area contributed by atoms with Crippen molar-refractivity contribution >= 4 is 12.1 Å². The number of nitrogens with one attached hydrogen (secondary N) is 1. The number of aliphatic carboxylic acids is 1. The second-order valence-corrected chi connectivity index (χ2v) is 4.06. The number of carboxylic acid groups (broad SMARTS) is 1. The first kappa shape index (κ1) is 12.8. The lowest BCUT2D eigenvalue weighted by Crippen LogP contribution is -2.39. The average molecular weight is 230 g/mol. The zero-order chi connectivity index (χ0) is 12.1. The minimum atomic E-state index is -0.795. The molecule has 0 aromatic rings. The summed E-state index contributed by atoms with van der Waals surface area (Å²) in [5.41, 5.74) is 0. The highest BCUT2D eigenvalue weighted by Gasteiger charge is 2.28. The van der Waals surface area contributed by atoms with Gasteiger partial charge in [-0.05, 0) is 13.3 Å². The minimum absolute atomic E-state index is 0.00180. The van der Waals surface area contributed by atoms with E-state index in [4.69, 9.17) is 5.11 Å². The quantitative estimate of drug-likeness (QED) is 0.725. The first-order chi connectivity index (χ1) is 7.52. The number of hydrogen-bond donors (Lipinski definition) is 2. The second-order valence-electron chi connectivity index (χ2n) is 4.06. The Kier molecular flexibility index (Phi) is 4.54. The van der Waals surface area contributed by atoms with E-state index in [1.165, 1.54) is 7.11 Å². The number of nitrogens with zero attached hydrogens (tertiary/aromatic N) is 1. The molecule has 0 radical (unpaired) electrons. The first-order valence-electron chi connectivity index (χ1n) is 5.33. The number of amides is 1. The van der Waals surface area contributed by atoms with Gasteiger partial charge in [-0.25, -0.2) is 4.79 Å². The third kappa shape index (κ3) is 3.69. The Morgan fingerprint density at radius 2 is 2.31 bits per heavy atom. The average Bonchev–Trinajstić information content (AvgIpc) is 2.65. The van der Waals surface area contributed by atoms with Crippen LogP contribution in [0.15, 0.2) is 0 Å². The molecule has 1 fully saturated rings. The molecule has 0 aliphatic carbocycles. The summed E-state index contributed by atoms with van der Waals surface area (Å²) in [6, 6.07) is 0.0608. The monoisotopic (exact) mass is 230 g/mol. The number of rotatable bonds is 4. The van der Waals surface area contributed by atoms with Gasteiger partial charge in [0.2, 0.25) is 0 Å². The zero-order valence-electron chi connectivity index (χ0n) is 9.60. The highest BCUT2D eigenvalue weighted by molar-refractivity contribution is 5.68. The number of carbonyl (C=O) groups excluding carboxylic acids is 1. The van der Waals surface area contributed by atoms with Crippen molar-refractivity contribution in [2.24, 2.45) is 0 Å². The molecule has 1 rings (SSSR count). The Morgan fingerprint density at radius 3 is 2.88 bits per heavy atom. The van der Waals surface area contributed by atoms with Crippen molar-refractivity contribution in [3.63, 3.8) is 0 Å². The van der Waals surface area contributed by atoms with Crippen molar-refractivity contribution in [2.45, 2.75) is 31.8 Å². The van der Waals surface area contributed by atoms with Gasteiger partial charge in [0.15, 0.2) is 0 Å². The number of carboxylic acids is 1. The van der Waals surface area contributed by atoms with Crippen LogP contribution in [0.2, 0.25) is 0 Å². The van der Waals surface area contributed by atoms with E-state index in [0.29, 0.717) is 6.54 Å². The highest BCUT2D eigenvalue weighted by Crippen LogP contribution is 2.14. The van der Waals surface area contributed by atoms with Gasteiger partial charge in [0, 0.05) is 25.2 Å². The first-order valence-corrected chi connectivity index (χ1v) is 5.33. The molecule has 1 amide bonds. The number of ether oxygens (including phenoxy) is 1. The Bertz CT molecular complexity index is 270. The molecule has 2 atom stereocenters. The molecule has 6 nitrogen and oxygen atoms in total. The van der Waals surface area contributed by atoms with Gasteiger partial charge in [0.25, 0.3) is 0 Å². The third-order valence-corrected chi connectivity index (χ3v) is 2.82. The van der Waals surface area contributed by atoms with Crippen LogP contribution in [-0.2, 0) is 9.53 Å². The largest absolute Gasteiger partial charge is 0.481 e. The number of methoxy groups -OCH3 is 1. The van der Waals surface area contributed by atoms with Crippen LogP contribution in [-0.4, -0.2) is 54.4 Å². The second kappa shape index (κ2) is 5.69. The lowest BCUT2D eigenvalue weighted by Gasteiger charge is -2.22. The Morgan fingerprint density at radius 1 is 1.62 bits per heavy atom. The standard InChI is InChI=1S/C10H18N2O4/c1-7(5-9(13)14)12-4-3-8(6-12)11-10(15)16-2/h7-8H,3-6H2,1-2H3,(H,11,15)(H,13,14). The summed E-state index contributed by atoms with van der Waals surface area (Å²) in [7, 11) is 1.33. The van der Waals surface area contributed by atoms with Crippen LogP contribution >= 0.6 is 0 Å². The molecule has 0 saturated carbocycles. The SMILES string of the molecule is COC(=O)NC1CCN(C(C)CC(=O)O)C1. The van der Waals surface area contributed by atoms with Crippen LogP contribution in [0.1, 0.15) is 19.8 Å². The molecule has 0 aromatic heterocycles. The van der Waals surface area contributed by atoms with E-state index in [1.54, 1.807) is 0 Å². The minimum Gasteiger partial charge on any atom is -0.481 e. The van der Waals surface area contributed by atoms with Crippen LogP contribution in [0.5, 0.6) is 0 Å². The fourth-order valence-corrected chi connectivity index (χ4v) is 1.91. The Hall–Kier alpha value is -1.30. The zero-order valence-corrected chi connectivity index (χ0v) is 9.60. The van der Waals surface area contributed by atoms with Gasteiger partial charge in [-0.1, -0.05) is 0 Å². The summed E-state index contributed by atoms with van der Waals surface area (Å²) >= 11 is 0. The fourth-order valence-electron chi connectivity index (χ4n) is 1.91. The fraction of sp³-hybridized carbons (Fsp3) is 0.800. The molecule has 1 saturated heterocycles. The molecule has 1 aliphatic heterocycles. The number of carbonyl (C=O) groups is 2. The van der Waals surface area contributed by atoms with Crippen molar-refractivity contribution in [3.05, 3.63) is 0 Å². The van der Waals surface area contributed by atoms with Crippen molar-refractivity contribution in [2.75, 3.05) is 20.2 Å². The molecule has 0 spiro atoms. The van der Waals surface area contributed by atoms with Gasteiger partial charge in [-0.3, -0.25) is 9.69 Å². The van der Waals surface area contributed by atoms with Crippen LogP contribution in [0.25, 0.3) is 0 Å². The summed E-state index contributed by atoms with van der Waals surface area (Å²) in [6.45, 7) is 3.38. The summed E-state index contributed by atoms with van der Waals surface area (Å²) in [4.78, 5) is 23.6. The van der Waals surface area contributed by atoms with E-state index in [9.17, 15) is 9.59 Å². The van der Waals surface area contributed by atoms with Gasteiger partial charge in [0.1, 0.15) is 0 Å². The van der Waals surface area contributed by atoms with E-state index in [1.807, 2.05) is 6.92 Å². The molecular formula is C10H18N2O4. The van der Waals surface area contributed by atoms with Crippen molar-refractivity contribution < 1.29 is 19.4 Å². The lowest BCUT2D eigenvalue weighted by molar-refractivity contribution is -0.138. The molecule has 2 N–H and O–H groups in total. The Labute approximate surface area is 94.6 Å². The van der Waals surface area contributed by atoms with Gasteiger partial charge in [0.05, 0.1) is 13.5 Å². The van der Waals surface area contributed by atoms with E-state index < -0.39 is 12.1 Å². The Balaban J connectivity index is 2.34. The normalized spacial score (nSPS) is 22.8. The van der Waals surface area contributed by atoms with Crippen molar-refractivity contribution in [1.29, 1.82) is 0 Å². The predicted molar refractivity (Wildman–Crippen MR) is 57.2 cm³/mol. The van der Waals surface area contributed by atoms with Crippen LogP contribution in [0.4, 0.5) is 4.79 Å². The summed E-state index contributed by atoms with van der Waals surface area (Å²) in [6.07, 6.45) is 0.530. The molecule has 0 aromatic carbocycles. The number of likely N-dealkylation sites (tertiary alicyclic amines) is 1. The van der Waals surface area contributed by atoms with Gasteiger partial charge in [-0.2, -0.15) is 0 Å². The highest BCUT2D eigenvalue weighted by atomic mass is 16.5. The van der Waals surface area contributed by atoms with Crippen LogP contribution in [0.3, 0.4) is 0 Å². The maximum Gasteiger partial charge on any atom is 0.407 e. The van der Waals surface area contributed by atoms with E-state index >= 15 is 0 Å². The number of alkyl carbamates (subject to hydrolysis) is 1. The molecular weight excluding hydrogens is 212 g/mol. The molecule has 16 heavy (non-hydrogen) atoms. The third-order valence-electron chi connectivity index (χ3n) is 2.82. The summed E-state index contributed by atoms with van der Waals surface area (Å²) < 4.78 is 4.51. The van der Waals surface area contributed by atoms with Crippen molar-refractivity contribution in [3.8, 4) is 0 Å². The van der Waals surface area contributed by atoms with Crippen LogP contribution < -0.4 is 5.32 Å². The van der Waals surface area contributed by atoms with E-state index in [0.717, 1.165) is 13.0 Å². The van der Waals surface area contributed by atoms with Crippen LogP contribution in [0, 0.1) is 0 Å². The molecule has 1 heterocycles. The van der Waals surface area contributed by atoms with E-state index in [2.05, 4.69) is 15.0 Å². The smallest absolute Gasteiger partial charge is 0.407 e. The molecule has 0 bridgehead atoms. The summed E-state index contributed by atoms with van der Waals surface area (Å²) in [5.74, 6) is -0.795.